The van der Waals surface area contributed by atoms with E-state index in [-0.39, 0.29) is 36.1 Å². The smallest absolute Gasteiger partial charge is 0.248 e. The maximum Gasteiger partial charge on any atom is 0.248 e. The lowest BCUT2D eigenvalue weighted by atomic mass is 9.75. The number of hydrogen-bond acceptors (Lipinski definition) is 6. The van der Waals surface area contributed by atoms with Crippen molar-refractivity contribution in [1.82, 2.24) is 4.90 Å². The molecule has 4 atom stereocenters. The number of ether oxygens (including phenoxy) is 2. The Morgan fingerprint density at radius 2 is 1.68 bits per heavy atom. The molecule has 3 aliphatic heterocycles. The lowest BCUT2D eigenvalue weighted by molar-refractivity contribution is -0.142. The average Bonchev–Trinajstić information content (AvgIpc) is 3.28. The number of carbonyl (C=O) groups excluding carboxylic acids is 1. The lowest BCUT2D eigenvalue weighted by Crippen LogP contribution is -2.51. The third-order valence-electron chi connectivity index (χ3n) is 9.94. The molecule has 7 nitrogen and oxygen atoms in total. The number of anilines is 1. The number of fused-ring (bicyclic) bond motifs is 3. The van der Waals surface area contributed by atoms with E-state index in [0.717, 1.165) is 67.0 Å². The minimum Gasteiger partial charge on any atom is -0.493 e. The summed E-state index contributed by atoms with van der Waals surface area (Å²) in [5.74, 6) is 1.31. The number of aliphatic hydroxyl groups is 2. The highest BCUT2D eigenvalue weighted by Crippen LogP contribution is 2.47. The first-order valence-corrected chi connectivity index (χ1v) is 16.1. The molecule has 234 valence electrons. The highest BCUT2D eigenvalue weighted by Gasteiger charge is 2.48. The Morgan fingerprint density at radius 3 is 2.27 bits per heavy atom. The summed E-state index contributed by atoms with van der Waals surface area (Å²) >= 11 is 6.30. The van der Waals surface area contributed by atoms with Gasteiger partial charge in [0, 0.05) is 29.3 Å². The highest BCUT2D eigenvalue weighted by atomic mass is 35.5. The summed E-state index contributed by atoms with van der Waals surface area (Å²) in [6, 6.07) is 20.7. The van der Waals surface area contributed by atoms with Crippen LogP contribution in [0.25, 0.3) is 0 Å². The normalized spacial score (nSPS) is 24.2. The van der Waals surface area contributed by atoms with Gasteiger partial charge in [-0.05, 0) is 117 Å². The number of aliphatic hydroxyl groups excluding tert-OH is 1. The number of hydrogen-bond donors (Lipinski definition) is 2. The van der Waals surface area contributed by atoms with E-state index in [1.165, 1.54) is 11.1 Å². The summed E-state index contributed by atoms with van der Waals surface area (Å²) in [4.78, 5) is 16.6. The Morgan fingerprint density at radius 1 is 1.02 bits per heavy atom. The molecule has 3 aromatic carbocycles. The van der Waals surface area contributed by atoms with Gasteiger partial charge in [-0.2, -0.15) is 0 Å². The maximum absolute atomic E-state index is 12.4. The molecular formula is C36H43ClN2O5. The number of piperidine rings is 1. The van der Waals surface area contributed by atoms with Gasteiger partial charge in [0.1, 0.15) is 6.61 Å². The number of carbonyl (C=O) groups is 1. The van der Waals surface area contributed by atoms with Crippen molar-refractivity contribution in [2.45, 2.75) is 82.7 Å². The third kappa shape index (κ3) is 5.66. The van der Waals surface area contributed by atoms with E-state index < -0.39 is 12.2 Å². The first-order valence-electron chi connectivity index (χ1n) is 15.7. The second-order valence-corrected chi connectivity index (χ2v) is 13.4. The van der Waals surface area contributed by atoms with Crippen LogP contribution in [0.2, 0.25) is 5.02 Å². The topological polar surface area (TPSA) is 82.5 Å². The number of rotatable bonds is 8. The number of methoxy groups -OCH3 is 1. The van der Waals surface area contributed by atoms with Crippen LogP contribution in [0.3, 0.4) is 0 Å². The van der Waals surface area contributed by atoms with Crippen LogP contribution < -0.4 is 14.4 Å². The molecule has 0 radical (unpaired) electrons. The van der Waals surface area contributed by atoms with Crippen molar-refractivity contribution >= 4 is 23.2 Å². The summed E-state index contributed by atoms with van der Waals surface area (Å²) in [7, 11) is 1.68. The minimum absolute atomic E-state index is 0.00793. The van der Waals surface area contributed by atoms with E-state index in [2.05, 4.69) is 53.4 Å². The van der Waals surface area contributed by atoms with E-state index in [4.69, 9.17) is 21.1 Å². The molecule has 3 aliphatic rings. The van der Waals surface area contributed by atoms with Gasteiger partial charge in [0.15, 0.2) is 11.5 Å². The molecule has 2 fully saturated rings. The van der Waals surface area contributed by atoms with Crippen LogP contribution in [0.5, 0.6) is 11.5 Å². The van der Waals surface area contributed by atoms with E-state index in [9.17, 15) is 15.0 Å². The molecule has 3 aromatic rings. The SMILES string of the molecule is COc1cc2c(cc1OC(C)C)C(c1ccc(Cl)cc1)N(c1ccc(C(C)(O)C3CC4CCC(C3)N4C(=O)CO)cc1)CC2. The number of halogens is 1. The molecule has 0 aromatic heterocycles. The quantitative estimate of drug-likeness (QED) is 0.310. The van der Waals surface area contributed by atoms with Crippen molar-refractivity contribution in [3.8, 4) is 11.5 Å². The van der Waals surface area contributed by atoms with Crippen LogP contribution in [0, 0.1) is 5.92 Å². The van der Waals surface area contributed by atoms with Crippen molar-refractivity contribution in [2.75, 3.05) is 25.2 Å². The van der Waals surface area contributed by atoms with Gasteiger partial charge in [-0.25, -0.2) is 0 Å². The predicted octanol–water partition coefficient (Wildman–Crippen LogP) is 6.26. The largest absolute Gasteiger partial charge is 0.493 e. The second-order valence-electron chi connectivity index (χ2n) is 13.0. The average molecular weight is 619 g/mol. The van der Waals surface area contributed by atoms with Gasteiger partial charge in [0.2, 0.25) is 5.91 Å². The van der Waals surface area contributed by atoms with Crippen molar-refractivity contribution in [3.63, 3.8) is 0 Å². The molecule has 1 amide bonds. The molecule has 0 spiro atoms. The Balaban J connectivity index is 1.31. The van der Waals surface area contributed by atoms with Gasteiger partial charge in [-0.15, -0.1) is 0 Å². The van der Waals surface area contributed by atoms with Gasteiger partial charge < -0.3 is 29.5 Å². The monoisotopic (exact) mass is 618 g/mol. The third-order valence-corrected chi connectivity index (χ3v) is 10.2. The fourth-order valence-corrected chi connectivity index (χ4v) is 7.89. The molecule has 6 rings (SSSR count). The molecule has 4 unspecified atom stereocenters. The molecule has 8 heteroatoms. The molecule has 2 saturated heterocycles. The molecule has 0 saturated carbocycles. The van der Waals surface area contributed by atoms with Gasteiger partial charge in [-0.1, -0.05) is 35.9 Å². The summed E-state index contributed by atoms with van der Waals surface area (Å²) in [5, 5.41) is 22.0. The van der Waals surface area contributed by atoms with Crippen molar-refractivity contribution in [2.24, 2.45) is 5.92 Å². The first-order chi connectivity index (χ1) is 21.1. The summed E-state index contributed by atoms with van der Waals surface area (Å²) in [5.41, 5.74) is 4.45. The van der Waals surface area contributed by atoms with E-state index in [1.807, 2.05) is 37.8 Å². The Labute approximate surface area is 265 Å². The van der Waals surface area contributed by atoms with Crippen LogP contribution in [-0.2, 0) is 16.8 Å². The fraction of sp³-hybridized carbons (Fsp3) is 0.472. The predicted molar refractivity (Wildman–Crippen MR) is 173 cm³/mol. The standard InChI is InChI=1S/C36H43ClN2O5/c1-22(2)44-33-20-31-24(17-32(33)43-4)15-16-38(35(31)23-5-9-27(37)10-6-23)28-11-7-25(8-12-28)36(3,42)26-18-29-13-14-30(19-26)39(29)34(41)21-40/h5-12,17,20,22,26,29-30,35,40,42H,13-16,18-19,21H2,1-4H3. The highest BCUT2D eigenvalue weighted by molar-refractivity contribution is 6.30. The number of nitrogens with zero attached hydrogens (tertiary/aromatic N) is 2. The van der Waals surface area contributed by atoms with Gasteiger partial charge in [0.25, 0.3) is 0 Å². The van der Waals surface area contributed by atoms with E-state index in [0.29, 0.717) is 5.02 Å². The zero-order valence-corrected chi connectivity index (χ0v) is 26.8. The van der Waals surface area contributed by atoms with Crippen molar-refractivity contribution in [1.29, 1.82) is 0 Å². The number of amides is 1. The van der Waals surface area contributed by atoms with Gasteiger partial charge in [-0.3, -0.25) is 4.79 Å². The first kappa shape index (κ1) is 30.8. The molecule has 2 bridgehead atoms. The van der Waals surface area contributed by atoms with Crippen molar-refractivity contribution in [3.05, 3.63) is 87.9 Å². The van der Waals surface area contributed by atoms with Crippen LogP contribution >= 0.6 is 11.6 Å². The Hall–Kier alpha value is -3.26. The molecular weight excluding hydrogens is 576 g/mol. The van der Waals surface area contributed by atoms with Crippen LogP contribution in [0.1, 0.15) is 74.8 Å². The van der Waals surface area contributed by atoms with Crippen LogP contribution in [0.15, 0.2) is 60.7 Å². The fourth-order valence-electron chi connectivity index (χ4n) is 7.77. The summed E-state index contributed by atoms with van der Waals surface area (Å²) in [6.07, 6.45) is 4.20. The van der Waals surface area contributed by atoms with E-state index in [1.54, 1.807) is 7.11 Å². The zero-order valence-electron chi connectivity index (χ0n) is 26.0. The van der Waals surface area contributed by atoms with Crippen LogP contribution in [-0.4, -0.2) is 59.5 Å². The van der Waals surface area contributed by atoms with Crippen LogP contribution in [0.4, 0.5) is 5.69 Å². The van der Waals surface area contributed by atoms with Gasteiger partial charge in [0.05, 0.1) is 24.9 Å². The Kier molecular flexibility index (Phi) is 8.57. The van der Waals surface area contributed by atoms with Gasteiger partial charge >= 0.3 is 0 Å². The number of benzene rings is 3. The lowest BCUT2D eigenvalue weighted by Gasteiger charge is -2.44. The maximum atomic E-state index is 12.4. The molecule has 44 heavy (non-hydrogen) atoms. The molecule has 3 heterocycles. The summed E-state index contributed by atoms with van der Waals surface area (Å²) in [6.45, 7) is 6.30. The van der Waals surface area contributed by atoms with Crippen molar-refractivity contribution < 1.29 is 24.5 Å². The summed E-state index contributed by atoms with van der Waals surface area (Å²) < 4.78 is 11.9. The second kappa shape index (κ2) is 12.3. The minimum atomic E-state index is -1.03. The van der Waals surface area contributed by atoms with E-state index >= 15 is 0 Å². The zero-order chi connectivity index (χ0) is 31.2. The molecule has 2 N–H and O–H groups in total. The molecule has 0 aliphatic carbocycles. The Bertz CT molecular complexity index is 1480.